The van der Waals surface area contributed by atoms with Crippen LogP contribution in [0.25, 0.3) is 21.8 Å². The van der Waals surface area contributed by atoms with Gasteiger partial charge in [-0.15, -0.1) is 0 Å². The highest BCUT2D eigenvalue weighted by atomic mass is 19.4. The van der Waals surface area contributed by atoms with Gasteiger partial charge in [0.1, 0.15) is 0 Å². The lowest BCUT2D eigenvalue weighted by molar-refractivity contribution is -0.137. The first kappa shape index (κ1) is 19.5. The van der Waals surface area contributed by atoms with E-state index in [1.165, 1.54) is 12.1 Å². The van der Waals surface area contributed by atoms with Gasteiger partial charge < -0.3 is 9.13 Å². The van der Waals surface area contributed by atoms with Crippen molar-refractivity contribution in [1.82, 2.24) is 9.13 Å². The fourth-order valence-electron chi connectivity index (χ4n) is 4.60. The minimum Gasteiger partial charge on any atom is -0.350 e. The molecule has 0 radical (unpaired) electrons. The number of nitrogens with zero attached hydrogens (tertiary/aromatic N) is 2. The molecule has 0 unspecified atom stereocenters. The summed E-state index contributed by atoms with van der Waals surface area (Å²) in [6.45, 7) is 0. The van der Waals surface area contributed by atoms with Gasteiger partial charge in [0, 0.05) is 54.2 Å². The number of aryl methyl sites for hydroxylation is 2. The Hall–Kier alpha value is -3.47. The Balaban J connectivity index is 1.79. The molecule has 0 fully saturated rings. The Morgan fingerprint density at radius 2 is 1.10 bits per heavy atom. The van der Waals surface area contributed by atoms with E-state index in [1.807, 2.05) is 38.4 Å². The van der Waals surface area contributed by atoms with Crippen molar-refractivity contribution < 1.29 is 13.2 Å². The van der Waals surface area contributed by atoms with Crippen molar-refractivity contribution in [2.75, 3.05) is 0 Å². The molecule has 0 spiro atoms. The van der Waals surface area contributed by atoms with Crippen molar-refractivity contribution in [2.45, 2.75) is 12.1 Å². The van der Waals surface area contributed by atoms with E-state index in [2.05, 4.69) is 45.8 Å². The first-order valence-corrected chi connectivity index (χ1v) is 10.1. The van der Waals surface area contributed by atoms with Gasteiger partial charge >= 0.3 is 6.18 Å². The van der Waals surface area contributed by atoms with Crippen LogP contribution in [0.2, 0.25) is 0 Å². The lowest BCUT2D eigenvalue weighted by atomic mass is 9.84. The van der Waals surface area contributed by atoms with Crippen LogP contribution >= 0.6 is 0 Å². The van der Waals surface area contributed by atoms with Crippen molar-refractivity contribution in [1.29, 1.82) is 0 Å². The quantitative estimate of drug-likeness (QED) is 0.303. The molecule has 0 N–H and O–H groups in total. The van der Waals surface area contributed by atoms with Gasteiger partial charge in [0.15, 0.2) is 0 Å². The third kappa shape index (κ3) is 3.21. The zero-order valence-corrected chi connectivity index (χ0v) is 17.2. The first-order valence-electron chi connectivity index (χ1n) is 10.1. The highest BCUT2D eigenvalue weighted by Gasteiger charge is 2.31. The topological polar surface area (TPSA) is 9.86 Å². The van der Waals surface area contributed by atoms with Crippen LogP contribution in [0.5, 0.6) is 0 Å². The van der Waals surface area contributed by atoms with Crippen LogP contribution in [0.4, 0.5) is 13.2 Å². The number of hydrogen-bond donors (Lipinski definition) is 0. The summed E-state index contributed by atoms with van der Waals surface area (Å²) < 4.78 is 43.7. The Kier molecular flexibility index (Phi) is 4.43. The monoisotopic (exact) mass is 418 g/mol. The van der Waals surface area contributed by atoms with Gasteiger partial charge in [0.2, 0.25) is 0 Å². The summed E-state index contributed by atoms with van der Waals surface area (Å²) in [5, 5.41) is 2.20. The lowest BCUT2D eigenvalue weighted by Crippen LogP contribution is -2.07. The number of hydrogen-bond acceptors (Lipinski definition) is 0. The predicted octanol–water partition coefficient (Wildman–Crippen LogP) is 6.87. The van der Waals surface area contributed by atoms with Crippen molar-refractivity contribution >= 4 is 21.8 Å². The second-order valence-corrected chi connectivity index (χ2v) is 7.98. The van der Waals surface area contributed by atoms with E-state index in [1.54, 1.807) is 12.1 Å². The van der Waals surface area contributed by atoms with Crippen LogP contribution in [0.15, 0.2) is 85.2 Å². The molecule has 0 aliphatic heterocycles. The van der Waals surface area contributed by atoms with Gasteiger partial charge in [-0.25, -0.2) is 0 Å². The summed E-state index contributed by atoms with van der Waals surface area (Å²) in [7, 11) is 4.00. The summed E-state index contributed by atoms with van der Waals surface area (Å²) in [5.41, 5.74) is 4.54. The van der Waals surface area contributed by atoms with E-state index in [-0.39, 0.29) is 5.92 Å². The number of benzene rings is 3. The molecule has 0 amide bonds. The molecule has 5 heteroatoms. The summed E-state index contributed by atoms with van der Waals surface area (Å²) in [5.74, 6) is -0.195. The Morgan fingerprint density at radius 1 is 0.645 bits per heavy atom. The highest BCUT2D eigenvalue weighted by molar-refractivity contribution is 5.89. The summed E-state index contributed by atoms with van der Waals surface area (Å²) in [6.07, 6.45) is -0.170. The number of aromatic nitrogens is 2. The van der Waals surface area contributed by atoms with Crippen molar-refractivity contribution in [3.8, 4) is 0 Å². The Morgan fingerprint density at radius 3 is 1.55 bits per heavy atom. The Labute approximate surface area is 178 Å². The second-order valence-electron chi connectivity index (χ2n) is 7.98. The standard InChI is InChI=1S/C26H21F3N2/c1-30-15-21(19-7-3-5-9-23(19)30)25(17-11-13-18(14-12-17)26(27,28)29)22-16-31(2)24-10-6-4-8-20(22)24/h3-16,25H,1-2H3. The largest absolute Gasteiger partial charge is 0.416 e. The minimum atomic E-state index is -4.35. The van der Waals surface area contributed by atoms with Gasteiger partial charge in [-0.1, -0.05) is 48.5 Å². The Bertz CT molecular complexity index is 1310. The highest BCUT2D eigenvalue weighted by Crippen LogP contribution is 2.41. The van der Waals surface area contributed by atoms with Crippen LogP contribution in [-0.2, 0) is 20.3 Å². The minimum absolute atomic E-state index is 0.195. The van der Waals surface area contributed by atoms with E-state index in [0.717, 1.165) is 38.5 Å². The number of para-hydroxylation sites is 2. The van der Waals surface area contributed by atoms with E-state index in [0.29, 0.717) is 0 Å². The summed E-state index contributed by atoms with van der Waals surface area (Å²) in [4.78, 5) is 0. The van der Waals surface area contributed by atoms with Crippen molar-refractivity contribution in [2.24, 2.45) is 14.1 Å². The molecule has 3 aromatic carbocycles. The lowest BCUT2D eigenvalue weighted by Gasteiger charge is -2.18. The van der Waals surface area contributed by atoms with Gasteiger partial charge in [-0.2, -0.15) is 13.2 Å². The van der Waals surface area contributed by atoms with Crippen LogP contribution in [0.3, 0.4) is 0 Å². The zero-order chi connectivity index (χ0) is 21.8. The SMILES string of the molecule is Cn1cc(C(c2ccc(C(F)(F)F)cc2)c2cn(C)c3ccccc23)c2ccccc21. The average molecular weight is 418 g/mol. The van der Waals surface area contributed by atoms with E-state index < -0.39 is 11.7 Å². The normalized spacial score (nSPS) is 12.3. The molecular weight excluding hydrogens is 397 g/mol. The van der Waals surface area contributed by atoms with Crippen LogP contribution in [0.1, 0.15) is 28.2 Å². The molecule has 0 atom stereocenters. The molecule has 5 aromatic rings. The van der Waals surface area contributed by atoms with Crippen LogP contribution in [-0.4, -0.2) is 9.13 Å². The van der Waals surface area contributed by atoms with Crippen LogP contribution < -0.4 is 0 Å². The molecule has 0 saturated carbocycles. The van der Waals surface area contributed by atoms with Crippen molar-refractivity contribution in [3.63, 3.8) is 0 Å². The first-order chi connectivity index (χ1) is 14.8. The van der Waals surface area contributed by atoms with Gasteiger partial charge in [0.25, 0.3) is 0 Å². The van der Waals surface area contributed by atoms with E-state index in [9.17, 15) is 13.2 Å². The third-order valence-corrected chi connectivity index (χ3v) is 6.05. The molecule has 31 heavy (non-hydrogen) atoms. The smallest absolute Gasteiger partial charge is 0.350 e. The molecule has 156 valence electrons. The number of halogens is 3. The fourth-order valence-corrected chi connectivity index (χ4v) is 4.60. The molecule has 0 aliphatic carbocycles. The van der Waals surface area contributed by atoms with Gasteiger partial charge in [-0.05, 0) is 41.0 Å². The van der Waals surface area contributed by atoms with E-state index in [4.69, 9.17) is 0 Å². The average Bonchev–Trinajstić information content (AvgIpc) is 3.26. The summed E-state index contributed by atoms with van der Waals surface area (Å²) in [6, 6.07) is 21.8. The maximum absolute atomic E-state index is 13.2. The maximum Gasteiger partial charge on any atom is 0.416 e. The molecular formula is C26H21F3N2. The van der Waals surface area contributed by atoms with Gasteiger partial charge in [0.05, 0.1) is 5.56 Å². The third-order valence-electron chi connectivity index (χ3n) is 6.05. The molecule has 2 heterocycles. The fraction of sp³-hybridized carbons (Fsp3) is 0.154. The molecule has 0 saturated heterocycles. The molecule has 5 rings (SSSR count). The predicted molar refractivity (Wildman–Crippen MR) is 118 cm³/mol. The number of fused-ring (bicyclic) bond motifs is 2. The second kappa shape index (κ2) is 7.05. The maximum atomic E-state index is 13.2. The van der Waals surface area contributed by atoms with Crippen molar-refractivity contribution in [3.05, 3.63) is 107 Å². The summed E-state index contributed by atoms with van der Waals surface area (Å²) >= 11 is 0. The number of alkyl halides is 3. The zero-order valence-electron chi connectivity index (χ0n) is 17.2. The molecule has 0 bridgehead atoms. The molecule has 2 nitrogen and oxygen atoms in total. The molecule has 0 aliphatic rings. The van der Waals surface area contributed by atoms with Crippen LogP contribution in [0, 0.1) is 0 Å². The van der Waals surface area contributed by atoms with E-state index >= 15 is 0 Å². The van der Waals surface area contributed by atoms with Gasteiger partial charge in [-0.3, -0.25) is 0 Å². The number of rotatable bonds is 3. The molecule has 2 aromatic heterocycles.